The molecule has 6 heteroatoms. The Hall–Kier alpha value is -2.37. The highest BCUT2D eigenvalue weighted by atomic mass is 16.5. The van der Waals surface area contributed by atoms with Crippen molar-refractivity contribution in [2.24, 2.45) is 4.99 Å². The molecule has 126 valence electrons. The second kappa shape index (κ2) is 5.33. The number of para-hydroxylation sites is 1. The smallest absolute Gasteiger partial charge is 0.249 e. The normalized spacial score (nSPS) is 30.6. The largest absolute Gasteiger partial charge is 0.480 e. The lowest BCUT2D eigenvalue weighted by Crippen LogP contribution is -2.57. The Kier molecular flexibility index (Phi) is 3.37. The van der Waals surface area contributed by atoms with Gasteiger partial charge in [-0.25, -0.2) is 4.99 Å². The Labute approximate surface area is 141 Å². The van der Waals surface area contributed by atoms with E-state index in [0.29, 0.717) is 12.5 Å². The van der Waals surface area contributed by atoms with Crippen molar-refractivity contribution in [2.75, 3.05) is 11.5 Å². The molecule has 0 unspecified atom stereocenters. The molecule has 0 radical (unpaired) electrons. The molecule has 1 aromatic carbocycles. The van der Waals surface area contributed by atoms with Crippen molar-refractivity contribution in [1.29, 1.82) is 0 Å². The highest BCUT2D eigenvalue weighted by Gasteiger charge is 2.57. The number of ether oxygens (including phenoxy) is 1. The second-order valence-electron chi connectivity index (χ2n) is 6.54. The van der Waals surface area contributed by atoms with Gasteiger partial charge in [0.25, 0.3) is 0 Å². The number of hydrogen-bond donors (Lipinski definition) is 0. The summed E-state index contributed by atoms with van der Waals surface area (Å²) in [4.78, 5) is 33.2. The van der Waals surface area contributed by atoms with E-state index in [0.717, 1.165) is 17.7 Å². The van der Waals surface area contributed by atoms with Crippen LogP contribution in [0.2, 0.25) is 0 Å². The van der Waals surface area contributed by atoms with Gasteiger partial charge in [0.15, 0.2) is 0 Å². The SMILES string of the molecule is CCOC1=N[C@H](C)C(=O)N2[C@H]1C[C@H]1c3ccccc3N(C(C)=O)[C@H]12. The van der Waals surface area contributed by atoms with E-state index in [-0.39, 0.29) is 29.9 Å². The summed E-state index contributed by atoms with van der Waals surface area (Å²) in [5.41, 5.74) is 2.04. The van der Waals surface area contributed by atoms with Gasteiger partial charge < -0.3 is 9.64 Å². The summed E-state index contributed by atoms with van der Waals surface area (Å²) < 4.78 is 5.72. The average Bonchev–Trinajstić information content (AvgIpc) is 3.07. The molecule has 24 heavy (non-hydrogen) atoms. The third-order valence-corrected chi connectivity index (χ3v) is 5.17. The van der Waals surface area contributed by atoms with Gasteiger partial charge >= 0.3 is 0 Å². The first-order valence-electron chi connectivity index (χ1n) is 8.46. The molecule has 2 amide bonds. The summed E-state index contributed by atoms with van der Waals surface area (Å²) in [6.07, 6.45) is 0.466. The molecule has 0 saturated carbocycles. The lowest BCUT2D eigenvalue weighted by atomic mass is 9.96. The van der Waals surface area contributed by atoms with Crippen LogP contribution >= 0.6 is 0 Å². The molecule has 4 rings (SSSR count). The van der Waals surface area contributed by atoms with Crippen molar-refractivity contribution in [2.45, 2.75) is 51.4 Å². The first-order valence-corrected chi connectivity index (χ1v) is 8.46. The van der Waals surface area contributed by atoms with E-state index in [4.69, 9.17) is 4.74 Å². The van der Waals surface area contributed by atoms with Crippen LogP contribution < -0.4 is 4.90 Å². The Morgan fingerprint density at radius 1 is 1.38 bits per heavy atom. The first kappa shape index (κ1) is 15.2. The maximum atomic E-state index is 12.8. The van der Waals surface area contributed by atoms with E-state index in [1.807, 2.05) is 30.0 Å². The summed E-state index contributed by atoms with van der Waals surface area (Å²) in [7, 11) is 0. The predicted octanol–water partition coefficient (Wildman–Crippen LogP) is 1.90. The summed E-state index contributed by atoms with van der Waals surface area (Å²) >= 11 is 0. The molecular formula is C18H21N3O3. The molecule has 3 aliphatic heterocycles. The van der Waals surface area contributed by atoms with Gasteiger partial charge in [0.05, 0.1) is 6.61 Å². The van der Waals surface area contributed by atoms with Gasteiger partial charge in [-0.2, -0.15) is 0 Å². The summed E-state index contributed by atoms with van der Waals surface area (Å²) in [6.45, 7) is 5.78. The first-order chi connectivity index (χ1) is 11.5. The summed E-state index contributed by atoms with van der Waals surface area (Å²) in [5, 5.41) is 0. The number of hydrogen-bond acceptors (Lipinski definition) is 4. The fourth-order valence-electron chi connectivity index (χ4n) is 4.30. The van der Waals surface area contributed by atoms with Crippen LogP contribution in [0.5, 0.6) is 0 Å². The number of benzene rings is 1. The number of carbonyl (C=O) groups excluding carboxylic acids is 2. The number of rotatable bonds is 1. The van der Waals surface area contributed by atoms with Gasteiger partial charge in [0.1, 0.15) is 18.2 Å². The second-order valence-corrected chi connectivity index (χ2v) is 6.54. The fraction of sp³-hybridized carbons (Fsp3) is 0.500. The zero-order valence-corrected chi connectivity index (χ0v) is 14.1. The quantitative estimate of drug-likeness (QED) is 0.791. The van der Waals surface area contributed by atoms with Crippen molar-refractivity contribution in [3.63, 3.8) is 0 Å². The van der Waals surface area contributed by atoms with Gasteiger partial charge in [-0.15, -0.1) is 0 Å². The average molecular weight is 327 g/mol. The molecule has 6 nitrogen and oxygen atoms in total. The van der Waals surface area contributed by atoms with Crippen molar-refractivity contribution >= 4 is 23.4 Å². The van der Waals surface area contributed by atoms with E-state index >= 15 is 0 Å². The van der Waals surface area contributed by atoms with Gasteiger partial charge in [-0.05, 0) is 31.9 Å². The van der Waals surface area contributed by atoms with E-state index in [2.05, 4.69) is 11.1 Å². The molecule has 3 heterocycles. The van der Waals surface area contributed by atoms with Gasteiger partial charge in [-0.3, -0.25) is 14.5 Å². The molecule has 1 aromatic rings. The molecule has 0 bridgehead atoms. The zero-order valence-electron chi connectivity index (χ0n) is 14.1. The zero-order chi connectivity index (χ0) is 17.0. The lowest BCUT2D eigenvalue weighted by Gasteiger charge is -2.38. The lowest BCUT2D eigenvalue weighted by molar-refractivity contribution is -0.135. The van der Waals surface area contributed by atoms with Crippen molar-refractivity contribution in [3.05, 3.63) is 29.8 Å². The van der Waals surface area contributed by atoms with E-state index < -0.39 is 6.04 Å². The molecule has 3 aliphatic rings. The molecule has 0 aliphatic carbocycles. The maximum absolute atomic E-state index is 12.8. The summed E-state index contributed by atoms with van der Waals surface area (Å²) in [5.74, 6) is 0.654. The minimum Gasteiger partial charge on any atom is -0.480 e. The number of amides is 2. The number of carbonyl (C=O) groups is 2. The third-order valence-electron chi connectivity index (χ3n) is 5.17. The van der Waals surface area contributed by atoms with Crippen LogP contribution in [0.3, 0.4) is 0 Å². The molecule has 0 N–H and O–H groups in total. The number of fused-ring (bicyclic) bond motifs is 5. The molecule has 0 spiro atoms. The Morgan fingerprint density at radius 2 is 2.12 bits per heavy atom. The van der Waals surface area contributed by atoms with Crippen LogP contribution in [0.4, 0.5) is 5.69 Å². The number of nitrogens with zero attached hydrogens (tertiary/aromatic N) is 3. The molecule has 0 aromatic heterocycles. The van der Waals surface area contributed by atoms with Crippen LogP contribution in [0, 0.1) is 0 Å². The highest BCUT2D eigenvalue weighted by molar-refractivity contribution is 6.00. The minimum atomic E-state index is -0.473. The Bertz CT molecular complexity index is 745. The van der Waals surface area contributed by atoms with Gasteiger partial charge in [0.2, 0.25) is 17.7 Å². The van der Waals surface area contributed by atoms with Crippen molar-refractivity contribution < 1.29 is 14.3 Å². The van der Waals surface area contributed by atoms with Crippen LogP contribution in [0.15, 0.2) is 29.3 Å². The fourth-order valence-corrected chi connectivity index (χ4v) is 4.30. The van der Waals surface area contributed by atoms with Gasteiger partial charge in [0, 0.05) is 18.5 Å². The molecule has 1 fully saturated rings. The summed E-state index contributed by atoms with van der Waals surface area (Å²) in [6, 6.07) is 7.27. The van der Waals surface area contributed by atoms with Gasteiger partial charge in [-0.1, -0.05) is 18.2 Å². The van der Waals surface area contributed by atoms with Crippen LogP contribution in [0.25, 0.3) is 0 Å². The maximum Gasteiger partial charge on any atom is 0.249 e. The third kappa shape index (κ3) is 1.92. The van der Waals surface area contributed by atoms with Crippen LogP contribution in [-0.4, -0.2) is 47.5 Å². The minimum absolute atomic E-state index is 0.0324. The van der Waals surface area contributed by atoms with Crippen LogP contribution in [-0.2, 0) is 14.3 Å². The number of anilines is 1. The van der Waals surface area contributed by atoms with E-state index in [1.165, 1.54) is 0 Å². The molecular weight excluding hydrogens is 306 g/mol. The standard InChI is InChI=1S/C18H21N3O3/c1-4-24-16-15-9-13-12-7-5-6-8-14(12)20(11(3)22)17(13)21(15)18(23)10(2)19-16/h5-8,10,13,15,17H,4,9H2,1-3H3/t10-,13+,15+,17+/m1/s1. The van der Waals surface area contributed by atoms with Crippen molar-refractivity contribution in [3.8, 4) is 0 Å². The monoisotopic (exact) mass is 327 g/mol. The topological polar surface area (TPSA) is 62.2 Å². The van der Waals surface area contributed by atoms with E-state index in [1.54, 1.807) is 18.7 Å². The van der Waals surface area contributed by atoms with E-state index in [9.17, 15) is 9.59 Å². The molecule has 4 atom stereocenters. The Balaban J connectivity index is 1.82. The number of aliphatic imine (C=N–C) groups is 1. The Morgan fingerprint density at radius 3 is 2.83 bits per heavy atom. The van der Waals surface area contributed by atoms with Crippen molar-refractivity contribution in [1.82, 2.24) is 4.90 Å². The van der Waals surface area contributed by atoms with Crippen LogP contribution in [0.1, 0.15) is 38.7 Å². The highest BCUT2D eigenvalue weighted by Crippen LogP contribution is 2.50. The predicted molar refractivity (Wildman–Crippen MR) is 89.9 cm³/mol. The molecule has 1 saturated heterocycles.